The van der Waals surface area contributed by atoms with E-state index >= 15 is 0 Å². The van der Waals surface area contributed by atoms with Crippen LogP contribution < -0.4 is 15.5 Å². The first kappa shape index (κ1) is 12.2. The molecule has 94 valence electrons. The predicted octanol–water partition coefficient (Wildman–Crippen LogP) is 2.31. The van der Waals surface area contributed by atoms with Crippen LogP contribution in [-0.2, 0) is 0 Å². The van der Waals surface area contributed by atoms with Crippen LogP contribution in [-0.4, -0.2) is 33.2 Å². The lowest BCUT2D eigenvalue weighted by molar-refractivity contribution is 0.414. The van der Waals surface area contributed by atoms with Crippen LogP contribution in [0.2, 0.25) is 0 Å². The second-order valence-electron chi connectivity index (χ2n) is 4.94. The zero-order valence-electron chi connectivity index (χ0n) is 10.9. The number of piperidine rings is 1. The molecule has 0 spiro atoms. The molecule has 2 rings (SSSR count). The number of hydrogen-bond donors (Lipinski definition) is 2. The highest BCUT2D eigenvalue weighted by Gasteiger charge is 2.12. The molecule has 1 fully saturated rings. The second-order valence-corrected chi connectivity index (χ2v) is 4.94. The third-order valence-corrected chi connectivity index (χ3v) is 3.34. The molecule has 0 saturated carbocycles. The molecule has 1 aliphatic heterocycles. The summed E-state index contributed by atoms with van der Waals surface area (Å²) in [7, 11) is 4.17. The smallest absolute Gasteiger partial charge is 0.0596 e. The first-order valence-corrected chi connectivity index (χ1v) is 6.51. The fourth-order valence-corrected chi connectivity index (χ4v) is 2.34. The molecule has 1 saturated heterocycles. The van der Waals surface area contributed by atoms with Gasteiger partial charge in [-0.2, -0.15) is 0 Å². The van der Waals surface area contributed by atoms with Crippen LogP contribution in [0.15, 0.2) is 24.3 Å². The average Bonchev–Trinajstić information content (AvgIpc) is 2.38. The molecular weight excluding hydrogens is 210 g/mol. The fraction of sp³-hybridized carbons (Fsp3) is 0.571. The van der Waals surface area contributed by atoms with Gasteiger partial charge in [0.25, 0.3) is 0 Å². The Morgan fingerprint density at radius 1 is 1.29 bits per heavy atom. The Labute approximate surface area is 104 Å². The van der Waals surface area contributed by atoms with Gasteiger partial charge in [0.1, 0.15) is 0 Å². The highest BCUT2D eigenvalue weighted by molar-refractivity contribution is 5.69. The topological polar surface area (TPSA) is 27.3 Å². The second kappa shape index (κ2) is 5.92. The molecule has 17 heavy (non-hydrogen) atoms. The predicted molar refractivity (Wildman–Crippen MR) is 74.9 cm³/mol. The molecule has 1 aromatic carbocycles. The van der Waals surface area contributed by atoms with Crippen molar-refractivity contribution in [2.45, 2.75) is 25.3 Å². The van der Waals surface area contributed by atoms with Crippen LogP contribution in [0.5, 0.6) is 0 Å². The van der Waals surface area contributed by atoms with E-state index in [1.807, 2.05) is 0 Å². The van der Waals surface area contributed by atoms with E-state index in [4.69, 9.17) is 0 Å². The van der Waals surface area contributed by atoms with Crippen LogP contribution in [0.4, 0.5) is 11.4 Å². The summed E-state index contributed by atoms with van der Waals surface area (Å²) in [5, 5.41) is 7.12. The summed E-state index contributed by atoms with van der Waals surface area (Å²) in [6.45, 7) is 2.19. The molecule has 1 heterocycles. The summed E-state index contributed by atoms with van der Waals surface area (Å²) in [5.41, 5.74) is 2.48. The van der Waals surface area contributed by atoms with Gasteiger partial charge in [-0.15, -0.1) is 0 Å². The molecule has 1 aliphatic rings. The molecule has 3 nitrogen and oxygen atoms in total. The van der Waals surface area contributed by atoms with Crippen molar-refractivity contribution in [3.8, 4) is 0 Å². The largest absolute Gasteiger partial charge is 0.382 e. The molecule has 0 aromatic heterocycles. The minimum Gasteiger partial charge on any atom is -0.382 e. The van der Waals surface area contributed by atoms with Crippen molar-refractivity contribution in [2.75, 3.05) is 37.4 Å². The first-order chi connectivity index (χ1) is 8.27. The molecular formula is C14H23N3. The van der Waals surface area contributed by atoms with E-state index in [2.05, 4.69) is 53.9 Å². The normalized spacial score (nSPS) is 20.0. The van der Waals surface area contributed by atoms with E-state index in [9.17, 15) is 0 Å². The average molecular weight is 233 g/mol. The molecule has 0 bridgehead atoms. The lowest BCUT2D eigenvalue weighted by atomic mass is 10.1. The standard InChI is InChI=1S/C14H23N3/c1-17(2)14-9-4-3-8-13(14)16-11-12-7-5-6-10-15-12/h3-4,8-9,12,15-16H,5-7,10-11H2,1-2H3. The molecule has 0 amide bonds. The van der Waals surface area contributed by atoms with Gasteiger partial charge in [-0.3, -0.25) is 0 Å². The summed E-state index contributed by atoms with van der Waals surface area (Å²) in [5.74, 6) is 0. The van der Waals surface area contributed by atoms with Crippen molar-refractivity contribution in [1.82, 2.24) is 5.32 Å². The van der Waals surface area contributed by atoms with Gasteiger partial charge in [0, 0.05) is 26.7 Å². The van der Waals surface area contributed by atoms with Crippen molar-refractivity contribution in [1.29, 1.82) is 0 Å². The van der Waals surface area contributed by atoms with Crippen LogP contribution in [0.3, 0.4) is 0 Å². The van der Waals surface area contributed by atoms with Crippen molar-refractivity contribution >= 4 is 11.4 Å². The molecule has 1 atom stereocenters. The van der Waals surface area contributed by atoms with Gasteiger partial charge in [0.15, 0.2) is 0 Å². The van der Waals surface area contributed by atoms with Crippen molar-refractivity contribution in [3.63, 3.8) is 0 Å². The van der Waals surface area contributed by atoms with Crippen LogP contribution in [0.1, 0.15) is 19.3 Å². The number of anilines is 2. The zero-order valence-corrected chi connectivity index (χ0v) is 10.9. The van der Waals surface area contributed by atoms with E-state index in [0.717, 1.165) is 6.54 Å². The van der Waals surface area contributed by atoms with Gasteiger partial charge in [0.05, 0.1) is 11.4 Å². The molecule has 2 N–H and O–H groups in total. The minimum absolute atomic E-state index is 0.624. The van der Waals surface area contributed by atoms with Crippen molar-refractivity contribution < 1.29 is 0 Å². The summed E-state index contributed by atoms with van der Waals surface area (Å²) in [6.07, 6.45) is 3.97. The summed E-state index contributed by atoms with van der Waals surface area (Å²) in [4.78, 5) is 2.15. The van der Waals surface area contributed by atoms with Crippen molar-refractivity contribution in [2.24, 2.45) is 0 Å². The Balaban J connectivity index is 1.93. The zero-order chi connectivity index (χ0) is 12.1. The third kappa shape index (κ3) is 3.37. The van der Waals surface area contributed by atoms with Crippen molar-refractivity contribution in [3.05, 3.63) is 24.3 Å². The van der Waals surface area contributed by atoms with Gasteiger partial charge in [0.2, 0.25) is 0 Å². The van der Waals surface area contributed by atoms with Gasteiger partial charge in [-0.05, 0) is 31.5 Å². The fourth-order valence-electron chi connectivity index (χ4n) is 2.34. The highest BCUT2D eigenvalue weighted by atomic mass is 15.1. The maximum atomic E-state index is 3.56. The Morgan fingerprint density at radius 2 is 2.12 bits per heavy atom. The maximum absolute atomic E-state index is 3.56. The molecule has 0 aliphatic carbocycles. The van der Waals surface area contributed by atoms with Gasteiger partial charge >= 0.3 is 0 Å². The molecule has 3 heteroatoms. The van der Waals surface area contributed by atoms with Gasteiger partial charge in [-0.1, -0.05) is 18.6 Å². The summed E-state index contributed by atoms with van der Waals surface area (Å²) < 4.78 is 0. The number of rotatable bonds is 4. The van der Waals surface area contributed by atoms with E-state index < -0.39 is 0 Å². The Morgan fingerprint density at radius 3 is 2.82 bits per heavy atom. The number of para-hydroxylation sites is 2. The Bertz CT molecular complexity index is 343. The molecule has 1 aromatic rings. The van der Waals surface area contributed by atoms with Crippen LogP contribution in [0.25, 0.3) is 0 Å². The third-order valence-electron chi connectivity index (χ3n) is 3.34. The number of hydrogen-bond acceptors (Lipinski definition) is 3. The quantitative estimate of drug-likeness (QED) is 0.835. The molecule has 1 unspecified atom stereocenters. The summed E-state index contributed by atoms with van der Waals surface area (Å²) >= 11 is 0. The number of nitrogens with one attached hydrogen (secondary N) is 2. The molecule has 0 radical (unpaired) electrons. The number of benzene rings is 1. The van der Waals surface area contributed by atoms with Gasteiger partial charge < -0.3 is 15.5 Å². The highest BCUT2D eigenvalue weighted by Crippen LogP contribution is 2.23. The first-order valence-electron chi connectivity index (χ1n) is 6.51. The van der Waals surface area contributed by atoms with Crippen LogP contribution in [0, 0.1) is 0 Å². The lowest BCUT2D eigenvalue weighted by Crippen LogP contribution is -2.39. The minimum atomic E-state index is 0.624. The Kier molecular flexibility index (Phi) is 4.26. The Hall–Kier alpha value is -1.22. The van der Waals surface area contributed by atoms with Crippen LogP contribution >= 0.6 is 0 Å². The van der Waals surface area contributed by atoms with E-state index in [-0.39, 0.29) is 0 Å². The van der Waals surface area contributed by atoms with Gasteiger partial charge in [-0.25, -0.2) is 0 Å². The SMILES string of the molecule is CN(C)c1ccccc1NCC1CCCCN1. The lowest BCUT2D eigenvalue weighted by Gasteiger charge is -2.25. The monoisotopic (exact) mass is 233 g/mol. The maximum Gasteiger partial charge on any atom is 0.0596 e. The van der Waals surface area contributed by atoms with E-state index in [1.165, 1.54) is 37.2 Å². The van der Waals surface area contributed by atoms with E-state index in [0.29, 0.717) is 6.04 Å². The number of nitrogens with zero attached hydrogens (tertiary/aromatic N) is 1. The summed E-state index contributed by atoms with van der Waals surface area (Å²) in [6, 6.07) is 9.09. The van der Waals surface area contributed by atoms with E-state index in [1.54, 1.807) is 0 Å².